The zero-order valence-corrected chi connectivity index (χ0v) is 10.5. The summed E-state index contributed by atoms with van der Waals surface area (Å²) in [6, 6.07) is 4.79. The number of aromatic nitrogens is 2. The lowest BCUT2D eigenvalue weighted by Gasteiger charge is -2.11. The number of hydrogen-bond donors (Lipinski definition) is 1. The molecule has 0 saturated heterocycles. The molecule has 0 atom stereocenters. The van der Waals surface area contributed by atoms with Crippen molar-refractivity contribution >= 4 is 5.97 Å². The first-order chi connectivity index (χ1) is 9.29. The van der Waals surface area contributed by atoms with E-state index in [0.29, 0.717) is 11.4 Å². The van der Waals surface area contributed by atoms with E-state index in [1.807, 2.05) is 0 Å². The van der Waals surface area contributed by atoms with Gasteiger partial charge in [0.15, 0.2) is 0 Å². The second-order valence-electron chi connectivity index (χ2n) is 4.28. The van der Waals surface area contributed by atoms with Crippen molar-refractivity contribution in [3.8, 4) is 0 Å². The lowest BCUT2D eigenvalue weighted by molar-refractivity contribution is -0.137. The first-order valence-electron chi connectivity index (χ1n) is 5.70. The summed E-state index contributed by atoms with van der Waals surface area (Å²) in [6.07, 6.45) is -3.24. The van der Waals surface area contributed by atoms with E-state index in [1.165, 1.54) is 22.9 Å². The molecule has 0 aliphatic carbocycles. The SMILES string of the molecule is Cc1ncc(C(=O)O)n1Cc1cccc(C(F)(F)F)c1. The Kier molecular flexibility index (Phi) is 3.52. The van der Waals surface area contributed by atoms with Crippen molar-refractivity contribution in [3.05, 3.63) is 53.1 Å². The summed E-state index contributed by atoms with van der Waals surface area (Å²) in [5.74, 6) is -0.739. The van der Waals surface area contributed by atoms with Gasteiger partial charge in [-0.15, -0.1) is 0 Å². The molecule has 0 saturated carbocycles. The van der Waals surface area contributed by atoms with Crippen LogP contribution < -0.4 is 0 Å². The predicted molar refractivity (Wildman–Crippen MR) is 64.5 cm³/mol. The van der Waals surface area contributed by atoms with Crippen LogP contribution in [0.1, 0.15) is 27.4 Å². The van der Waals surface area contributed by atoms with Gasteiger partial charge in [0.05, 0.1) is 11.8 Å². The molecule has 0 spiro atoms. The third kappa shape index (κ3) is 2.81. The number of carboxylic acids is 1. The number of aryl methyl sites for hydroxylation is 1. The highest BCUT2D eigenvalue weighted by Crippen LogP contribution is 2.29. The van der Waals surface area contributed by atoms with Crippen LogP contribution in [-0.4, -0.2) is 20.6 Å². The molecule has 0 aliphatic rings. The van der Waals surface area contributed by atoms with E-state index in [9.17, 15) is 18.0 Å². The molecule has 0 bridgehead atoms. The van der Waals surface area contributed by atoms with E-state index in [4.69, 9.17) is 5.11 Å². The van der Waals surface area contributed by atoms with Crippen LogP contribution in [0.15, 0.2) is 30.5 Å². The van der Waals surface area contributed by atoms with Crippen LogP contribution in [0.5, 0.6) is 0 Å². The largest absolute Gasteiger partial charge is 0.477 e. The Balaban J connectivity index is 2.36. The number of carboxylic acid groups (broad SMARTS) is 1. The van der Waals surface area contributed by atoms with Crippen molar-refractivity contribution in [1.82, 2.24) is 9.55 Å². The minimum Gasteiger partial charge on any atom is -0.477 e. The molecule has 20 heavy (non-hydrogen) atoms. The Bertz CT molecular complexity index is 647. The number of alkyl halides is 3. The Labute approximate surface area is 112 Å². The van der Waals surface area contributed by atoms with Crippen molar-refractivity contribution in [2.75, 3.05) is 0 Å². The molecule has 0 radical (unpaired) electrons. The van der Waals surface area contributed by atoms with Crippen molar-refractivity contribution in [1.29, 1.82) is 0 Å². The molecule has 4 nitrogen and oxygen atoms in total. The molecule has 1 aromatic heterocycles. The maximum absolute atomic E-state index is 12.6. The lowest BCUT2D eigenvalue weighted by atomic mass is 10.1. The van der Waals surface area contributed by atoms with E-state index in [0.717, 1.165) is 12.1 Å². The number of aromatic carboxylic acids is 1. The Morgan fingerprint density at radius 3 is 2.70 bits per heavy atom. The summed E-state index contributed by atoms with van der Waals surface area (Å²) >= 11 is 0. The summed E-state index contributed by atoms with van der Waals surface area (Å²) in [6.45, 7) is 1.62. The van der Waals surface area contributed by atoms with Crippen LogP contribution in [-0.2, 0) is 12.7 Å². The maximum Gasteiger partial charge on any atom is 0.416 e. The first kappa shape index (κ1) is 14.1. The van der Waals surface area contributed by atoms with Crippen LogP contribution in [0.2, 0.25) is 0 Å². The minimum absolute atomic E-state index is 0.0252. The van der Waals surface area contributed by atoms with Crippen LogP contribution in [0.3, 0.4) is 0 Å². The number of nitrogens with zero attached hydrogens (tertiary/aromatic N) is 2. The molecule has 0 fully saturated rings. The molecule has 1 N–H and O–H groups in total. The molecule has 0 unspecified atom stereocenters. The number of carbonyl (C=O) groups is 1. The van der Waals surface area contributed by atoms with Crippen molar-refractivity contribution < 1.29 is 23.1 Å². The predicted octanol–water partition coefficient (Wildman–Crippen LogP) is 2.96. The van der Waals surface area contributed by atoms with E-state index in [1.54, 1.807) is 6.92 Å². The van der Waals surface area contributed by atoms with Crippen LogP contribution in [0.4, 0.5) is 13.2 Å². The molecule has 2 aromatic rings. The first-order valence-corrected chi connectivity index (χ1v) is 5.70. The van der Waals surface area contributed by atoms with Crippen LogP contribution >= 0.6 is 0 Å². The van der Waals surface area contributed by atoms with E-state index in [2.05, 4.69) is 4.98 Å². The quantitative estimate of drug-likeness (QED) is 0.942. The fourth-order valence-corrected chi connectivity index (χ4v) is 1.87. The maximum atomic E-state index is 12.6. The van der Waals surface area contributed by atoms with Gasteiger partial charge in [0.2, 0.25) is 0 Å². The van der Waals surface area contributed by atoms with Gasteiger partial charge < -0.3 is 9.67 Å². The van der Waals surface area contributed by atoms with Gasteiger partial charge in [0.1, 0.15) is 11.5 Å². The van der Waals surface area contributed by atoms with Crippen LogP contribution in [0, 0.1) is 6.92 Å². The summed E-state index contributed by atoms with van der Waals surface area (Å²) in [4.78, 5) is 14.9. The second kappa shape index (κ2) is 4.99. The smallest absolute Gasteiger partial charge is 0.416 e. The molecule has 1 aromatic carbocycles. The fraction of sp³-hybridized carbons (Fsp3) is 0.231. The molecular formula is C13H11F3N2O2. The van der Waals surface area contributed by atoms with Gasteiger partial charge in [-0.3, -0.25) is 0 Å². The average molecular weight is 284 g/mol. The normalized spacial score (nSPS) is 11.6. The number of benzene rings is 1. The van der Waals surface area contributed by atoms with Crippen molar-refractivity contribution in [2.24, 2.45) is 0 Å². The Morgan fingerprint density at radius 1 is 1.40 bits per heavy atom. The Hall–Kier alpha value is -2.31. The number of rotatable bonds is 3. The topological polar surface area (TPSA) is 55.1 Å². The molecular weight excluding hydrogens is 273 g/mol. The summed E-state index contributed by atoms with van der Waals surface area (Å²) < 4.78 is 39.2. The van der Waals surface area contributed by atoms with E-state index in [-0.39, 0.29) is 12.2 Å². The van der Waals surface area contributed by atoms with Crippen LogP contribution in [0.25, 0.3) is 0 Å². The standard InChI is InChI=1S/C13H11F3N2O2/c1-8-17-6-11(12(19)20)18(8)7-9-3-2-4-10(5-9)13(14,15)16/h2-6H,7H2,1H3,(H,19,20). The van der Waals surface area contributed by atoms with Gasteiger partial charge in [-0.25, -0.2) is 9.78 Å². The highest BCUT2D eigenvalue weighted by molar-refractivity contribution is 5.85. The zero-order chi connectivity index (χ0) is 14.9. The average Bonchev–Trinajstić information content (AvgIpc) is 2.70. The van der Waals surface area contributed by atoms with Gasteiger partial charge in [-0.1, -0.05) is 12.1 Å². The lowest BCUT2D eigenvalue weighted by Crippen LogP contribution is -2.12. The summed E-state index contributed by atoms with van der Waals surface area (Å²) in [7, 11) is 0. The summed E-state index contributed by atoms with van der Waals surface area (Å²) in [5, 5.41) is 9.00. The summed E-state index contributed by atoms with van der Waals surface area (Å²) in [5.41, 5.74) is -0.451. The Morgan fingerprint density at radius 2 is 2.10 bits per heavy atom. The van der Waals surface area contributed by atoms with Gasteiger partial charge in [-0.05, 0) is 24.6 Å². The van der Waals surface area contributed by atoms with Gasteiger partial charge in [0, 0.05) is 6.54 Å². The third-order valence-corrected chi connectivity index (χ3v) is 2.87. The third-order valence-electron chi connectivity index (χ3n) is 2.87. The monoisotopic (exact) mass is 284 g/mol. The van der Waals surface area contributed by atoms with E-state index < -0.39 is 17.7 Å². The molecule has 7 heteroatoms. The molecule has 106 valence electrons. The molecule has 1 heterocycles. The highest BCUT2D eigenvalue weighted by atomic mass is 19.4. The fourth-order valence-electron chi connectivity index (χ4n) is 1.87. The number of hydrogen-bond acceptors (Lipinski definition) is 2. The molecule has 0 aliphatic heterocycles. The van der Waals surface area contributed by atoms with Gasteiger partial charge in [-0.2, -0.15) is 13.2 Å². The molecule has 0 amide bonds. The minimum atomic E-state index is -4.42. The second-order valence-corrected chi connectivity index (χ2v) is 4.28. The van der Waals surface area contributed by atoms with Crippen molar-refractivity contribution in [3.63, 3.8) is 0 Å². The molecule has 2 rings (SSSR count). The van der Waals surface area contributed by atoms with Gasteiger partial charge in [0.25, 0.3) is 0 Å². The zero-order valence-electron chi connectivity index (χ0n) is 10.5. The number of halogens is 3. The van der Waals surface area contributed by atoms with Crippen molar-refractivity contribution in [2.45, 2.75) is 19.6 Å². The highest BCUT2D eigenvalue weighted by Gasteiger charge is 2.30. The van der Waals surface area contributed by atoms with E-state index >= 15 is 0 Å². The number of imidazole rings is 1. The van der Waals surface area contributed by atoms with Gasteiger partial charge >= 0.3 is 12.1 Å².